The zero-order valence-electron chi connectivity index (χ0n) is 19.7. The Kier molecular flexibility index (Phi) is 7.98. The summed E-state index contributed by atoms with van der Waals surface area (Å²) < 4.78 is 27.5. The summed E-state index contributed by atoms with van der Waals surface area (Å²) in [6, 6.07) is 5.15. The molecule has 2 aromatic rings. The monoisotopic (exact) mass is 518 g/mol. The summed E-state index contributed by atoms with van der Waals surface area (Å²) in [5.74, 6) is -0.582. The number of sulfonamides is 1. The molecular formula is C24H30N4O5S2. The number of thiazole rings is 1. The van der Waals surface area contributed by atoms with Gasteiger partial charge in [-0.05, 0) is 31.4 Å². The van der Waals surface area contributed by atoms with Crippen molar-refractivity contribution in [3.05, 3.63) is 41.4 Å². The first kappa shape index (κ1) is 25.5. The molecule has 0 bridgehead atoms. The molecule has 188 valence electrons. The first-order valence-corrected chi connectivity index (χ1v) is 14.2. The maximum Gasteiger partial charge on any atom is 0.248 e. The number of hydrogen-bond acceptors (Lipinski definition) is 7. The first-order valence-electron chi connectivity index (χ1n) is 11.9. The van der Waals surface area contributed by atoms with Crippen LogP contribution in [-0.4, -0.2) is 65.9 Å². The molecule has 1 aromatic heterocycles. The second-order valence-electron chi connectivity index (χ2n) is 9.09. The van der Waals surface area contributed by atoms with Crippen LogP contribution in [0, 0.1) is 5.92 Å². The molecule has 9 nitrogen and oxygen atoms in total. The quantitative estimate of drug-likeness (QED) is 0.537. The molecule has 2 fully saturated rings. The van der Waals surface area contributed by atoms with E-state index in [0.29, 0.717) is 23.0 Å². The number of Topliss-reactive ketones (excluding diaryl/α,β-unsaturated/α-hetero) is 1. The number of nitrogens with zero attached hydrogens (tertiary/aromatic N) is 3. The normalized spacial score (nSPS) is 18.9. The third kappa shape index (κ3) is 5.96. The average molecular weight is 519 g/mol. The minimum atomic E-state index is -3.96. The molecule has 0 radical (unpaired) electrons. The van der Waals surface area contributed by atoms with Crippen molar-refractivity contribution in [2.45, 2.75) is 56.4 Å². The van der Waals surface area contributed by atoms with Crippen LogP contribution in [0.5, 0.6) is 0 Å². The van der Waals surface area contributed by atoms with Crippen molar-refractivity contribution in [3.63, 3.8) is 0 Å². The maximum absolute atomic E-state index is 13.2. The summed E-state index contributed by atoms with van der Waals surface area (Å²) in [4.78, 5) is 43.8. The van der Waals surface area contributed by atoms with Gasteiger partial charge in [0, 0.05) is 30.2 Å². The van der Waals surface area contributed by atoms with Gasteiger partial charge >= 0.3 is 0 Å². The van der Waals surface area contributed by atoms with Crippen LogP contribution in [0.4, 0.5) is 5.13 Å². The molecule has 2 aliphatic rings. The minimum Gasteiger partial charge on any atom is -0.328 e. The van der Waals surface area contributed by atoms with Crippen molar-refractivity contribution in [1.82, 2.24) is 14.2 Å². The van der Waals surface area contributed by atoms with Crippen molar-refractivity contribution >= 4 is 44.1 Å². The van der Waals surface area contributed by atoms with E-state index in [1.54, 1.807) is 17.6 Å². The highest BCUT2D eigenvalue weighted by atomic mass is 32.2. The molecule has 0 spiro atoms. The SMILES string of the molecule is CC(=O)c1cccc(S(=O)(=O)N2CCN(C(CC3CCCCC3)C(=O)Nc3nccs3)C(=O)C2)c1. The second-order valence-corrected chi connectivity index (χ2v) is 11.9. The van der Waals surface area contributed by atoms with Gasteiger partial charge in [-0.3, -0.25) is 14.4 Å². The minimum absolute atomic E-state index is 0.0216. The summed E-state index contributed by atoms with van der Waals surface area (Å²) in [6.07, 6.45) is 7.62. The zero-order chi connectivity index (χ0) is 25.0. The number of amides is 2. The Morgan fingerprint density at radius 2 is 1.97 bits per heavy atom. The van der Waals surface area contributed by atoms with Gasteiger partial charge < -0.3 is 10.2 Å². The molecule has 2 amide bonds. The Bertz CT molecular complexity index is 1180. The Morgan fingerprint density at radius 1 is 1.20 bits per heavy atom. The second kappa shape index (κ2) is 11.0. The number of benzene rings is 1. The topological polar surface area (TPSA) is 117 Å². The lowest BCUT2D eigenvalue weighted by molar-refractivity contribution is -0.142. The number of carbonyl (C=O) groups is 3. The van der Waals surface area contributed by atoms with Gasteiger partial charge in [0.05, 0.1) is 11.4 Å². The zero-order valence-corrected chi connectivity index (χ0v) is 21.3. The largest absolute Gasteiger partial charge is 0.328 e. The molecule has 2 heterocycles. The molecule has 11 heteroatoms. The fourth-order valence-corrected chi connectivity index (χ4v) is 6.77. The highest BCUT2D eigenvalue weighted by Gasteiger charge is 2.39. The summed E-state index contributed by atoms with van der Waals surface area (Å²) in [7, 11) is -3.96. The molecule has 1 N–H and O–H groups in total. The lowest BCUT2D eigenvalue weighted by Crippen LogP contribution is -2.58. The van der Waals surface area contributed by atoms with Crippen LogP contribution in [-0.2, 0) is 19.6 Å². The molecule has 35 heavy (non-hydrogen) atoms. The van der Waals surface area contributed by atoms with Crippen LogP contribution in [0.2, 0.25) is 0 Å². The van der Waals surface area contributed by atoms with Gasteiger partial charge in [0.1, 0.15) is 6.04 Å². The fraction of sp³-hybridized carbons (Fsp3) is 0.500. The lowest BCUT2D eigenvalue weighted by atomic mass is 9.84. The number of rotatable bonds is 8. The van der Waals surface area contributed by atoms with E-state index in [2.05, 4.69) is 10.3 Å². The summed E-state index contributed by atoms with van der Waals surface area (Å²) >= 11 is 1.31. The van der Waals surface area contributed by atoms with Crippen molar-refractivity contribution in [1.29, 1.82) is 0 Å². The summed E-state index contributed by atoms with van der Waals surface area (Å²) in [5, 5.41) is 5.06. The predicted molar refractivity (Wildman–Crippen MR) is 133 cm³/mol. The van der Waals surface area contributed by atoms with E-state index in [4.69, 9.17) is 0 Å². The van der Waals surface area contributed by atoms with Crippen LogP contribution in [0.15, 0.2) is 40.7 Å². The number of piperazine rings is 1. The van der Waals surface area contributed by atoms with Gasteiger partial charge in [-0.1, -0.05) is 44.2 Å². The molecule has 1 aliphatic heterocycles. The smallest absolute Gasteiger partial charge is 0.248 e. The standard InChI is InChI=1S/C24H30N4O5S2/c1-17(29)19-8-5-9-20(15-19)35(32,33)27-11-12-28(22(30)16-27)21(14-18-6-3-2-4-7-18)23(31)26-24-25-10-13-34-24/h5,8-10,13,15,18,21H,2-4,6-7,11-12,14,16H2,1H3,(H,25,26,31). The van der Waals surface area contributed by atoms with Crippen molar-refractivity contribution in [2.75, 3.05) is 25.0 Å². The van der Waals surface area contributed by atoms with Gasteiger partial charge in [-0.15, -0.1) is 11.3 Å². The molecule has 1 aromatic carbocycles. The number of aromatic nitrogens is 1. The van der Waals surface area contributed by atoms with E-state index in [1.165, 1.54) is 47.8 Å². The van der Waals surface area contributed by atoms with Crippen LogP contribution < -0.4 is 5.32 Å². The summed E-state index contributed by atoms with van der Waals surface area (Å²) in [6.45, 7) is 1.22. The summed E-state index contributed by atoms with van der Waals surface area (Å²) in [5.41, 5.74) is 0.294. The highest BCUT2D eigenvalue weighted by Crippen LogP contribution is 2.30. The molecule has 1 unspecified atom stereocenters. The van der Waals surface area contributed by atoms with Crippen LogP contribution >= 0.6 is 11.3 Å². The molecule has 4 rings (SSSR count). The van der Waals surface area contributed by atoms with E-state index in [9.17, 15) is 22.8 Å². The van der Waals surface area contributed by atoms with E-state index >= 15 is 0 Å². The Morgan fingerprint density at radius 3 is 2.63 bits per heavy atom. The predicted octanol–water partition coefficient (Wildman–Crippen LogP) is 3.16. The van der Waals surface area contributed by atoms with Crippen LogP contribution in [0.3, 0.4) is 0 Å². The van der Waals surface area contributed by atoms with E-state index in [1.807, 2.05) is 0 Å². The van der Waals surface area contributed by atoms with Crippen LogP contribution in [0.1, 0.15) is 55.8 Å². The number of carbonyl (C=O) groups excluding carboxylic acids is 3. The van der Waals surface area contributed by atoms with Crippen LogP contribution in [0.25, 0.3) is 0 Å². The Labute approximate surface area is 209 Å². The Balaban J connectivity index is 1.51. The van der Waals surface area contributed by atoms with E-state index in [0.717, 1.165) is 30.0 Å². The molecule has 1 saturated heterocycles. The van der Waals surface area contributed by atoms with Crippen molar-refractivity contribution in [3.8, 4) is 0 Å². The number of anilines is 1. The van der Waals surface area contributed by atoms with Gasteiger partial charge in [0.15, 0.2) is 10.9 Å². The first-order chi connectivity index (χ1) is 16.8. The fourth-order valence-electron chi connectivity index (χ4n) is 4.81. The third-order valence-corrected chi connectivity index (χ3v) is 9.25. The molecule has 1 atom stereocenters. The maximum atomic E-state index is 13.2. The van der Waals surface area contributed by atoms with Gasteiger partial charge in [0.25, 0.3) is 0 Å². The van der Waals surface area contributed by atoms with E-state index < -0.39 is 22.0 Å². The van der Waals surface area contributed by atoms with E-state index in [-0.39, 0.29) is 36.2 Å². The van der Waals surface area contributed by atoms with Crippen molar-refractivity contribution < 1.29 is 22.8 Å². The Hall–Kier alpha value is -2.63. The number of ketones is 1. The lowest BCUT2D eigenvalue weighted by Gasteiger charge is -2.39. The number of nitrogens with one attached hydrogen (secondary N) is 1. The molecular weight excluding hydrogens is 488 g/mol. The van der Waals surface area contributed by atoms with Gasteiger partial charge in [-0.25, -0.2) is 13.4 Å². The highest BCUT2D eigenvalue weighted by molar-refractivity contribution is 7.89. The third-order valence-electron chi connectivity index (χ3n) is 6.72. The van der Waals surface area contributed by atoms with Gasteiger partial charge in [0.2, 0.25) is 21.8 Å². The number of hydrogen-bond donors (Lipinski definition) is 1. The van der Waals surface area contributed by atoms with Gasteiger partial charge in [-0.2, -0.15) is 4.31 Å². The molecule has 1 aliphatic carbocycles. The average Bonchev–Trinajstić information content (AvgIpc) is 3.36. The molecule has 1 saturated carbocycles. The van der Waals surface area contributed by atoms with Crippen molar-refractivity contribution in [2.24, 2.45) is 5.92 Å².